The fourth-order valence-corrected chi connectivity index (χ4v) is 4.25. The van der Waals surface area contributed by atoms with Crippen molar-refractivity contribution >= 4 is 51.6 Å². The Hall–Kier alpha value is -4.22. The lowest BCUT2D eigenvalue weighted by Gasteiger charge is -2.07. The molecule has 2 amide bonds. The van der Waals surface area contributed by atoms with Crippen molar-refractivity contribution in [1.29, 1.82) is 5.26 Å². The van der Waals surface area contributed by atoms with Crippen LogP contribution in [0, 0.1) is 17.2 Å². The maximum absolute atomic E-state index is 12.7. The average Bonchev–Trinajstić information content (AvgIpc) is 3.38. The molecule has 3 aromatic heterocycles. The second-order valence-electron chi connectivity index (χ2n) is 7.76. The number of para-hydroxylation sites is 1. The molecule has 0 radical (unpaired) electrons. The Labute approximate surface area is 193 Å². The number of anilines is 2. The number of nitrogens with one attached hydrogen (secondary N) is 3. The van der Waals surface area contributed by atoms with Crippen molar-refractivity contribution in [2.45, 2.75) is 12.8 Å². The lowest BCUT2D eigenvalue weighted by molar-refractivity contribution is -0.117. The first-order valence-corrected chi connectivity index (χ1v) is 11.3. The summed E-state index contributed by atoms with van der Waals surface area (Å²) in [7, 11) is 0. The number of pyridine rings is 1. The topological polar surface area (TPSA) is 111 Å². The summed E-state index contributed by atoms with van der Waals surface area (Å²) in [4.78, 5) is 33.2. The third kappa shape index (κ3) is 4.40. The van der Waals surface area contributed by atoms with Gasteiger partial charge in [-0.25, -0.2) is 4.98 Å². The van der Waals surface area contributed by atoms with Crippen molar-refractivity contribution in [3.05, 3.63) is 70.7 Å². The first-order chi connectivity index (χ1) is 16.1. The van der Waals surface area contributed by atoms with Crippen LogP contribution < -0.4 is 10.6 Å². The van der Waals surface area contributed by atoms with Gasteiger partial charge in [0.1, 0.15) is 17.5 Å². The van der Waals surface area contributed by atoms with E-state index in [1.54, 1.807) is 18.3 Å². The summed E-state index contributed by atoms with van der Waals surface area (Å²) >= 11 is 1.46. The van der Waals surface area contributed by atoms with Gasteiger partial charge in [0.2, 0.25) is 5.91 Å². The molecule has 0 aliphatic heterocycles. The smallest absolute Gasteiger partial charge is 0.266 e. The third-order valence-corrected chi connectivity index (χ3v) is 6.25. The van der Waals surface area contributed by atoms with Gasteiger partial charge in [-0.2, -0.15) is 5.26 Å². The van der Waals surface area contributed by atoms with Crippen molar-refractivity contribution in [1.82, 2.24) is 9.97 Å². The molecule has 0 unspecified atom stereocenters. The summed E-state index contributed by atoms with van der Waals surface area (Å²) in [6.07, 6.45) is 6.96. The van der Waals surface area contributed by atoms with Crippen LogP contribution in [0.15, 0.2) is 65.8 Å². The van der Waals surface area contributed by atoms with Crippen molar-refractivity contribution in [2.75, 3.05) is 10.6 Å². The Morgan fingerprint density at radius 2 is 2.06 bits per heavy atom. The van der Waals surface area contributed by atoms with Crippen molar-refractivity contribution < 1.29 is 9.59 Å². The molecule has 1 saturated carbocycles. The highest BCUT2D eigenvalue weighted by molar-refractivity contribution is 7.10. The van der Waals surface area contributed by atoms with Gasteiger partial charge in [-0.1, -0.05) is 18.2 Å². The molecule has 0 bridgehead atoms. The van der Waals surface area contributed by atoms with E-state index in [9.17, 15) is 14.9 Å². The molecule has 3 N–H and O–H groups in total. The molecule has 1 aromatic carbocycles. The van der Waals surface area contributed by atoms with Crippen LogP contribution >= 0.6 is 11.3 Å². The van der Waals surface area contributed by atoms with E-state index in [1.807, 2.05) is 54.0 Å². The van der Waals surface area contributed by atoms with Crippen LogP contribution in [-0.4, -0.2) is 21.8 Å². The number of rotatable bonds is 6. The third-order valence-electron chi connectivity index (χ3n) is 5.43. The highest BCUT2D eigenvalue weighted by Crippen LogP contribution is 2.34. The molecule has 8 heteroatoms. The van der Waals surface area contributed by atoms with Gasteiger partial charge in [-0.3, -0.25) is 9.59 Å². The molecule has 0 spiro atoms. The van der Waals surface area contributed by atoms with E-state index in [2.05, 4.69) is 20.6 Å². The second kappa shape index (κ2) is 8.73. The Morgan fingerprint density at radius 1 is 1.18 bits per heavy atom. The minimum absolute atomic E-state index is 0.00692. The predicted octanol–water partition coefficient (Wildman–Crippen LogP) is 5.19. The molecule has 0 saturated heterocycles. The summed E-state index contributed by atoms with van der Waals surface area (Å²) in [5, 5.41) is 18.0. The van der Waals surface area contributed by atoms with Gasteiger partial charge in [-0.05, 0) is 54.1 Å². The van der Waals surface area contributed by atoms with Crippen LogP contribution in [0.5, 0.6) is 0 Å². The average molecular weight is 454 g/mol. The van der Waals surface area contributed by atoms with Gasteiger partial charge < -0.3 is 15.6 Å². The molecule has 1 aliphatic carbocycles. The van der Waals surface area contributed by atoms with Gasteiger partial charge in [0.05, 0.1) is 11.2 Å². The summed E-state index contributed by atoms with van der Waals surface area (Å²) < 4.78 is 0. The highest BCUT2D eigenvalue weighted by Gasteiger charge is 2.29. The Kier molecular flexibility index (Phi) is 5.47. The molecule has 1 fully saturated rings. The summed E-state index contributed by atoms with van der Waals surface area (Å²) in [6.45, 7) is 0. The van der Waals surface area contributed by atoms with E-state index in [1.165, 1.54) is 11.3 Å². The number of nitrogens with zero attached hydrogens (tertiary/aromatic N) is 2. The maximum Gasteiger partial charge on any atom is 0.266 e. The summed E-state index contributed by atoms with van der Waals surface area (Å²) in [6, 6.07) is 15.0. The lowest BCUT2D eigenvalue weighted by Crippen LogP contribution is -2.14. The predicted molar refractivity (Wildman–Crippen MR) is 129 cm³/mol. The van der Waals surface area contributed by atoms with Crippen LogP contribution in [-0.2, 0) is 9.59 Å². The SMILES string of the molecule is N#C/C(=C\c1cccs1)C(=O)Nc1cccc2c(-c3ccnc(NC(=O)C4CC4)c3)c[nH]c12. The first-order valence-electron chi connectivity index (χ1n) is 10.5. The van der Waals surface area contributed by atoms with E-state index in [-0.39, 0.29) is 17.4 Å². The van der Waals surface area contributed by atoms with Crippen molar-refractivity contribution in [3.63, 3.8) is 0 Å². The number of carbonyl (C=O) groups is 2. The normalized spacial score (nSPS) is 13.5. The van der Waals surface area contributed by atoms with Crippen LogP contribution in [0.25, 0.3) is 28.1 Å². The van der Waals surface area contributed by atoms with E-state index >= 15 is 0 Å². The molecule has 4 aromatic rings. The van der Waals surface area contributed by atoms with E-state index < -0.39 is 5.91 Å². The van der Waals surface area contributed by atoms with Crippen LogP contribution in [0.4, 0.5) is 11.5 Å². The quantitative estimate of drug-likeness (QED) is 0.276. The number of nitriles is 1. The van der Waals surface area contributed by atoms with E-state index in [0.29, 0.717) is 11.5 Å². The fraction of sp³-hybridized carbons (Fsp3) is 0.120. The molecular weight excluding hydrogens is 434 g/mol. The van der Waals surface area contributed by atoms with Crippen LogP contribution in [0.3, 0.4) is 0 Å². The minimum atomic E-state index is -0.469. The number of aromatic amines is 1. The molecule has 7 nitrogen and oxygen atoms in total. The zero-order valence-electron chi connectivity index (χ0n) is 17.5. The Balaban J connectivity index is 1.42. The molecule has 33 heavy (non-hydrogen) atoms. The van der Waals surface area contributed by atoms with Crippen molar-refractivity contribution in [3.8, 4) is 17.2 Å². The first kappa shape index (κ1) is 20.7. The summed E-state index contributed by atoms with van der Waals surface area (Å²) in [5.74, 6) is 0.151. The van der Waals surface area contributed by atoms with Gasteiger partial charge >= 0.3 is 0 Å². The zero-order chi connectivity index (χ0) is 22.8. The maximum atomic E-state index is 12.7. The highest BCUT2D eigenvalue weighted by atomic mass is 32.1. The van der Waals surface area contributed by atoms with Gasteiger partial charge in [-0.15, -0.1) is 11.3 Å². The van der Waals surface area contributed by atoms with Gasteiger partial charge in [0.15, 0.2) is 0 Å². The Morgan fingerprint density at radius 3 is 2.82 bits per heavy atom. The second-order valence-corrected chi connectivity index (χ2v) is 8.74. The number of fused-ring (bicyclic) bond motifs is 1. The number of hydrogen-bond donors (Lipinski definition) is 3. The van der Waals surface area contributed by atoms with Gasteiger partial charge in [0, 0.05) is 34.1 Å². The molecule has 0 atom stereocenters. The number of benzene rings is 1. The fourth-order valence-electron chi connectivity index (χ4n) is 3.59. The number of hydrogen-bond acceptors (Lipinski definition) is 5. The monoisotopic (exact) mass is 453 g/mol. The molecular formula is C25H19N5O2S. The minimum Gasteiger partial charge on any atom is -0.359 e. The standard InChI is InChI=1S/C25H19N5O2S/c26-13-17(11-18-3-2-10-33-18)25(32)29-21-5-1-4-19-20(14-28-23(19)21)16-8-9-27-22(12-16)30-24(31)15-6-7-15/h1-5,8-12,14-15,28H,6-7H2,(H,29,32)(H,27,30,31)/b17-11+. The number of amides is 2. The summed E-state index contributed by atoms with van der Waals surface area (Å²) in [5.41, 5.74) is 3.16. The zero-order valence-corrected chi connectivity index (χ0v) is 18.3. The van der Waals surface area contributed by atoms with Crippen LogP contribution in [0.2, 0.25) is 0 Å². The molecule has 3 heterocycles. The van der Waals surface area contributed by atoms with E-state index in [0.717, 1.165) is 39.7 Å². The number of carbonyl (C=O) groups excluding carboxylic acids is 2. The molecule has 1 aliphatic rings. The van der Waals surface area contributed by atoms with Crippen molar-refractivity contribution in [2.24, 2.45) is 5.92 Å². The van der Waals surface area contributed by atoms with Gasteiger partial charge in [0.25, 0.3) is 5.91 Å². The largest absolute Gasteiger partial charge is 0.359 e. The number of thiophene rings is 1. The van der Waals surface area contributed by atoms with Crippen LogP contribution in [0.1, 0.15) is 17.7 Å². The Bertz CT molecular complexity index is 1420. The molecule has 162 valence electrons. The lowest BCUT2D eigenvalue weighted by atomic mass is 10.1. The number of H-pyrrole nitrogens is 1. The molecule has 5 rings (SSSR count). The van der Waals surface area contributed by atoms with E-state index in [4.69, 9.17) is 0 Å². The number of aromatic nitrogens is 2.